The third kappa shape index (κ3) is 4.70. The number of benzene rings is 2. The molecule has 2 amide bonds. The van der Waals surface area contributed by atoms with Crippen LogP contribution in [0.2, 0.25) is 0 Å². The zero-order valence-electron chi connectivity index (χ0n) is 15.9. The number of hydrogen-bond acceptors (Lipinski definition) is 5. The van der Waals surface area contributed by atoms with Crippen molar-refractivity contribution in [1.29, 1.82) is 0 Å². The van der Waals surface area contributed by atoms with Crippen LogP contribution in [0.4, 0.5) is 17.6 Å². The maximum absolute atomic E-state index is 12.4. The van der Waals surface area contributed by atoms with Crippen molar-refractivity contribution in [2.45, 2.75) is 13.8 Å². The Morgan fingerprint density at radius 1 is 0.714 bits per heavy atom. The molecule has 3 rings (SSSR count). The van der Waals surface area contributed by atoms with Crippen LogP contribution in [0.1, 0.15) is 31.8 Å². The molecule has 2 aromatic carbocycles. The van der Waals surface area contributed by atoms with Gasteiger partial charge in [-0.2, -0.15) is 9.97 Å². The summed E-state index contributed by atoms with van der Waals surface area (Å²) < 4.78 is 0. The molecule has 0 radical (unpaired) electrons. The SMILES string of the molecule is CNc1cc(NC(=O)c2ccc(C)cc2)nc(NC(=O)c2ccc(C)cc2)n1. The number of anilines is 3. The first-order valence-electron chi connectivity index (χ1n) is 8.77. The first-order chi connectivity index (χ1) is 13.4. The van der Waals surface area contributed by atoms with Crippen molar-refractivity contribution in [3.05, 3.63) is 76.9 Å². The predicted molar refractivity (Wildman–Crippen MR) is 110 cm³/mol. The van der Waals surface area contributed by atoms with Gasteiger partial charge in [0, 0.05) is 24.2 Å². The minimum atomic E-state index is -0.330. The van der Waals surface area contributed by atoms with E-state index in [-0.39, 0.29) is 23.6 Å². The second kappa shape index (κ2) is 8.30. The number of carbonyl (C=O) groups excluding carboxylic acids is 2. The minimum Gasteiger partial charge on any atom is -0.373 e. The maximum Gasteiger partial charge on any atom is 0.258 e. The Morgan fingerprint density at radius 2 is 1.18 bits per heavy atom. The topological polar surface area (TPSA) is 96.0 Å². The zero-order valence-corrected chi connectivity index (χ0v) is 15.9. The van der Waals surface area contributed by atoms with Gasteiger partial charge in [-0.25, -0.2) is 0 Å². The number of rotatable bonds is 5. The van der Waals surface area contributed by atoms with E-state index in [1.165, 1.54) is 0 Å². The Bertz CT molecular complexity index is 921. The molecule has 1 heterocycles. The summed E-state index contributed by atoms with van der Waals surface area (Å²) in [5.41, 5.74) is 3.14. The van der Waals surface area contributed by atoms with Crippen molar-refractivity contribution in [3.63, 3.8) is 0 Å². The summed E-state index contributed by atoms with van der Waals surface area (Å²) in [6, 6.07) is 16.0. The van der Waals surface area contributed by atoms with E-state index < -0.39 is 0 Å². The van der Waals surface area contributed by atoms with Crippen molar-refractivity contribution in [2.75, 3.05) is 23.0 Å². The van der Waals surface area contributed by atoms with E-state index in [1.54, 1.807) is 37.4 Å². The molecule has 0 aliphatic carbocycles. The molecular formula is C21H21N5O2. The van der Waals surface area contributed by atoms with Crippen molar-refractivity contribution in [1.82, 2.24) is 9.97 Å². The molecule has 1 aromatic heterocycles. The molecule has 0 atom stereocenters. The first-order valence-corrected chi connectivity index (χ1v) is 8.77. The second-order valence-corrected chi connectivity index (χ2v) is 6.35. The van der Waals surface area contributed by atoms with E-state index in [4.69, 9.17) is 0 Å². The van der Waals surface area contributed by atoms with Gasteiger partial charge in [-0.05, 0) is 38.1 Å². The van der Waals surface area contributed by atoms with Crippen molar-refractivity contribution < 1.29 is 9.59 Å². The van der Waals surface area contributed by atoms with Crippen LogP contribution < -0.4 is 16.0 Å². The highest BCUT2D eigenvalue weighted by molar-refractivity contribution is 6.05. The number of carbonyl (C=O) groups is 2. The van der Waals surface area contributed by atoms with Gasteiger partial charge in [-0.3, -0.25) is 14.9 Å². The number of aryl methyl sites for hydroxylation is 2. The van der Waals surface area contributed by atoms with Gasteiger partial charge in [0.15, 0.2) is 0 Å². The average molecular weight is 375 g/mol. The quantitative estimate of drug-likeness (QED) is 0.633. The van der Waals surface area contributed by atoms with Crippen LogP contribution in [0.5, 0.6) is 0 Å². The molecule has 0 saturated heterocycles. The van der Waals surface area contributed by atoms with Gasteiger partial charge >= 0.3 is 0 Å². The smallest absolute Gasteiger partial charge is 0.258 e. The molecule has 0 spiro atoms. The fraction of sp³-hybridized carbons (Fsp3) is 0.143. The number of nitrogens with one attached hydrogen (secondary N) is 3. The fourth-order valence-electron chi connectivity index (χ4n) is 2.47. The standard InChI is InChI=1S/C21H21N5O2/c1-13-4-8-15(9-5-13)19(27)23-18-12-17(22-3)24-21(25-18)26-20(28)16-10-6-14(2)7-11-16/h4-12H,1-3H3,(H3,22,23,24,25,26,27,28). The zero-order chi connectivity index (χ0) is 20.1. The highest BCUT2D eigenvalue weighted by atomic mass is 16.2. The molecule has 0 bridgehead atoms. The van der Waals surface area contributed by atoms with E-state index in [9.17, 15) is 9.59 Å². The molecule has 3 aromatic rings. The van der Waals surface area contributed by atoms with Gasteiger partial charge in [0.2, 0.25) is 5.95 Å². The van der Waals surface area contributed by atoms with Crippen LogP contribution in [0.15, 0.2) is 54.6 Å². The lowest BCUT2D eigenvalue weighted by molar-refractivity contribution is 0.101. The first kappa shape index (κ1) is 19.0. The third-order valence-corrected chi connectivity index (χ3v) is 4.08. The largest absolute Gasteiger partial charge is 0.373 e. The molecule has 7 heteroatoms. The lowest BCUT2D eigenvalue weighted by Crippen LogP contribution is -2.17. The van der Waals surface area contributed by atoms with Crippen molar-refractivity contribution in [3.8, 4) is 0 Å². The van der Waals surface area contributed by atoms with Crippen LogP contribution in [0.25, 0.3) is 0 Å². The summed E-state index contributed by atoms with van der Waals surface area (Å²) >= 11 is 0. The Kier molecular flexibility index (Phi) is 5.64. The van der Waals surface area contributed by atoms with E-state index in [0.29, 0.717) is 16.9 Å². The summed E-state index contributed by atoms with van der Waals surface area (Å²) in [5.74, 6) is 0.217. The molecule has 142 valence electrons. The van der Waals surface area contributed by atoms with Crippen LogP contribution >= 0.6 is 0 Å². The molecule has 0 saturated carbocycles. The predicted octanol–water partition coefficient (Wildman–Crippen LogP) is 3.64. The summed E-state index contributed by atoms with van der Waals surface area (Å²) in [5, 5.41) is 8.29. The fourth-order valence-corrected chi connectivity index (χ4v) is 2.47. The van der Waals surface area contributed by atoms with Gasteiger partial charge in [0.1, 0.15) is 11.6 Å². The van der Waals surface area contributed by atoms with Crippen molar-refractivity contribution in [2.24, 2.45) is 0 Å². The Labute approximate surface area is 163 Å². The number of amides is 2. The lowest BCUT2D eigenvalue weighted by Gasteiger charge is -2.10. The van der Waals surface area contributed by atoms with Crippen LogP contribution in [0, 0.1) is 13.8 Å². The lowest BCUT2D eigenvalue weighted by atomic mass is 10.1. The highest BCUT2D eigenvalue weighted by Crippen LogP contribution is 2.16. The summed E-state index contributed by atoms with van der Waals surface area (Å²) in [6.07, 6.45) is 0. The second-order valence-electron chi connectivity index (χ2n) is 6.35. The summed E-state index contributed by atoms with van der Waals surface area (Å²) in [4.78, 5) is 33.3. The van der Waals surface area contributed by atoms with Crippen LogP contribution in [-0.4, -0.2) is 28.8 Å². The van der Waals surface area contributed by atoms with Gasteiger partial charge in [0.25, 0.3) is 11.8 Å². The van der Waals surface area contributed by atoms with E-state index in [1.807, 2.05) is 38.1 Å². The molecule has 0 unspecified atom stereocenters. The Morgan fingerprint density at radius 3 is 1.68 bits per heavy atom. The van der Waals surface area contributed by atoms with Gasteiger partial charge in [-0.15, -0.1) is 0 Å². The summed E-state index contributed by atoms with van der Waals surface area (Å²) in [6.45, 7) is 3.90. The van der Waals surface area contributed by atoms with Gasteiger partial charge in [-0.1, -0.05) is 35.4 Å². The average Bonchev–Trinajstić information content (AvgIpc) is 2.68. The maximum atomic E-state index is 12.4. The third-order valence-electron chi connectivity index (χ3n) is 4.08. The number of aromatic nitrogens is 2. The molecule has 28 heavy (non-hydrogen) atoms. The van der Waals surface area contributed by atoms with Crippen LogP contribution in [-0.2, 0) is 0 Å². The van der Waals surface area contributed by atoms with E-state index in [0.717, 1.165) is 11.1 Å². The highest BCUT2D eigenvalue weighted by Gasteiger charge is 2.12. The molecular weight excluding hydrogens is 354 g/mol. The molecule has 3 N–H and O–H groups in total. The van der Waals surface area contributed by atoms with Crippen LogP contribution in [0.3, 0.4) is 0 Å². The van der Waals surface area contributed by atoms with E-state index >= 15 is 0 Å². The summed E-state index contributed by atoms with van der Waals surface area (Å²) in [7, 11) is 1.69. The molecule has 7 nitrogen and oxygen atoms in total. The molecule has 0 aliphatic rings. The normalized spacial score (nSPS) is 10.2. The number of hydrogen-bond donors (Lipinski definition) is 3. The minimum absolute atomic E-state index is 0.0941. The van der Waals surface area contributed by atoms with E-state index in [2.05, 4.69) is 25.9 Å². The molecule has 0 fully saturated rings. The van der Waals surface area contributed by atoms with Gasteiger partial charge in [0.05, 0.1) is 0 Å². The van der Waals surface area contributed by atoms with Gasteiger partial charge < -0.3 is 10.6 Å². The Balaban J connectivity index is 1.79. The Hall–Kier alpha value is -3.74. The number of nitrogens with zero attached hydrogens (tertiary/aromatic N) is 2. The molecule has 0 aliphatic heterocycles. The van der Waals surface area contributed by atoms with Crippen molar-refractivity contribution >= 4 is 29.4 Å². The monoisotopic (exact) mass is 375 g/mol.